The predicted octanol–water partition coefficient (Wildman–Crippen LogP) is 4.05. The first-order valence-corrected chi connectivity index (χ1v) is 13.9. The third kappa shape index (κ3) is 7.27. The molecule has 13 nitrogen and oxygen atoms in total. The van der Waals surface area contributed by atoms with E-state index in [4.69, 9.17) is 18.9 Å². The van der Waals surface area contributed by atoms with Gasteiger partial charge in [0.1, 0.15) is 19.0 Å². The van der Waals surface area contributed by atoms with Crippen LogP contribution in [0.5, 0.6) is 0 Å². The zero-order valence-corrected chi connectivity index (χ0v) is 24.1. The van der Waals surface area contributed by atoms with Crippen molar-refractivity contribution in [2.45, 2.75) is 84.3 Å². The molecule has 4 rings (SSSR count). The summed E-state index contributed by atoms with van der Waals surface area (Å²) >= 11 is 0. The van der Waals surface area contributed by atoms with Gasteiger partial charge in [0.2, 0.25) is 0 Å². The maximum Gasteiger partial charge on any atom is 0.303 e. The van der Waals surface area contributed by atoms with E-state index in [-0.39, 0.29) is 12.4 Å². The van der Waals surface area contributed by atoms with Gasteiger partial charge in [-0.3, -0.25) is 23.7 Å². The summed E-state index contributed by atoms with van der Waals surface area (Å²) < 4.78 is 23.7. The number of rotatable bonds is 13. The number of benzene rings is 1. The molecule has 1 aliphatic heterocycles. The molecule has 1 fully saturated rings. The first-order chi connectivity index (χ1) is 20.2. The van der Waals surface area contributed by atoms with Crippen LogP contribution in [0.2, 0.25) is 0 Å². The number of hydrogen-bond donors (Lipinski definition) is 1. The molecular weight excluding hydrogens is 546 g/mol. The van der Waals surface area contributed by atoms with Gasteiger partial charge in [0.15, 0.2) is 41.2 Å². The third-order valence-corrected chi connectivity index (χ3v) is 6.71. The second kappa shape index (κ2) is 14.0. The molecule has 1 unspecified atom stereocenters. The Bertz CT molecular complexity index is 1440. The fourth-order valence-corrected chi connectivity index (χ4v) is 4.86. The van der Waals surface area contributed by atoms with Crippen LogP contribution in [0.1, 0.15) is 76.4 Å². The van der Waals surface area contributed by atoms with Crippen molar-refractivity contribution in [2.75, 3.05) is 11.9 Å². The molecule has 1 N–H and O–H groups in total. The number of esters is 3. The van der Waals surface area contributed by atoms with Crippen LogP contribution in [0.3, 0.4) is 0 Å². The van der Waals surface area contributed by atoms with Crippen molar-refractivity contribution < 1.29 is 38.1 Å². The Morgan fingerprint density at radius 2 is 1.67 bits per heavy atom. The highest BCUT2D eigenvalue weighted by atomic mass is 16.7. The lowest BCUT2D eigenvalue weighted by Gasteiger charge is -2.23. The number of nitrogens with zero attached hydrogens (tertiary/aromatic N) is 4. The minimum absolute atomic E-state index is 0.0314. The van der Waals surface area contributed by atoms with E-state index in [0.717, 1.165) is 25.7 Å². The Hall–Kier alpha value is -4.39. The van der Waals surface area contributed by atoms with Crippen molar-refractivity contribution in [1.29, 1.82) is 0 Å². The molecule has 1 aromatic carbocycles. The maximum absolute atomic E-state index is 13.0. The van der Waals surface area contributed by atoms with Crippen LogP contribution >= 0.6 is 0 Å². The summed E-state index contributed by atoms with van der Waals surface area (Å²) in [5, 5.41) is 3.22. The Morgan fingerprint density at radius 1 is 0.929 bits per heavy atom. The standard InChI is InChI=1S/C29H35N5O8/c1-5-6-7-8-13-22(38)20-11-9-10-12-21(20)33-27-24-28(31-15-30-27)34(16-32-24)29-26(41-19(4)37)25(40-18(3)36)23(42-29)14-39-17(2)35/h9-12,15-16,23,25-26,29H,5-8,13-14H2,1-4H3,(H,30,31,33)/t23-,25+,26-,29?/m0/s1. The number of fused-ring (bicyclic) bond motifs is 1. The van der Waals surface area contributed by atoms with Gasteiger partial charge in [-0.2, -0.15) is 0 Å². The Kier molecular flexibility index (Phi) is 10.2. The van der Waals surface area contributed by atoms with Crippen LogP contribution in [0.15, 0.2) is 36.9 Å². The quantitative estimate of drug-likeness (QED) is 0.134. The van der Waals surface area contributed by atoms with E-state index in [1.807, 2.05) is 12.1 Å². The van der Waals surface area contributed by atoms with Crippen molar-refractivity contribution >= 4 is 46.4 Å². The first kappa shape index (κ1) is 30.6. The average Bonchev–Trinajstić information content (AvgIpc) is 3.51. The van der Waals surface area contributed by atoms with E-state index >= 15 is 0 Å². The van der Waals surface area contributed by atoms with E-state index in [2.05, 4.69) is 27.2 Å². The number of anilines is 2. The molecule has 0 amide bonds. The van der Waals surface area contributed by atoms with E-state index < -0.39 is 42.4 Å². The van der Waals surface area contributed by atoms with Gasteiger partial charge in [-0.15, -0.1) is 0 Å². The van der Waals surface area contributed by atoms with Crippen LogP contribution in [0.4, 0.5) is 11.5 Å². The van der Waals surface area contributed by atoms with E-state index in [0.29, 0.717) is 34.7 Å². The summed E-state index contributed by atoms with van der Waals surface area (Å²) in [7, 11) is 0. The van der Waals surface area contributed by atoms with Gasteiger partial charge in [-0.25, -0.2) is 15.0 Å². The summed E-state index contributed by atoms with van der Waals surface area (Å²) in [5.74, 6) is -1.43. The van der Waals surface area contributed by atoms with Gasteiger partial charge < -0.3 is 24.3 Å². The largest absolute Gasteiger partial charge is 0.463 e. The molecular formula is C29H35N5O8. The Morgan fingerprint density at radius 3 is 2.38 bits per heavy atom. The highest BCUT2D eigenvalue weighted by molar-refractivity contribution is 6.02. The van der Waals surface area contributed by atoms with E-state index in [1.54, 1.807) is 12.1 Å². The first-order valence-electron chi connectivity index (χ1n) is 13.9. The molecule has 224 valence electrons. The summed E-state index contributed by atoms with van der Waals surface area (Å²) in [6.45, 7) is 5.56. The van der Waals surface area contributed by atoms with E-state index in [1.165, 1.54) is 38.0 Å². The average molecular weight is 582 g/mol. The summed E-state index contributed by atoms with van der Waals surface area (Å²) in [6.07, 6.45) is 3.09. The number of carbonyl (C=O) groups excluding carboxylic acids is 4. The molecule has 2 aromatic heterocycles. The topological polar surface area (TPSA) is 161 Å². The van der Waals surface area contributed by atoms with Gasteiger partial charge in [0.05, 0.1) is 12.0 Å². The molecule has 0 saturated carbocycles. The summed E-state index contributed by atoms with van der Waals surface area (Å²) in [4.78, 5) is 61.6. The summed E-state index contributed by atoms with van der Waals surface area (Å²) in [6, 6.07) is 7.20. The number of Topliss-reactive ketones (excluding diaryl/α,β-unsaturated/α-hetero) is 1. The fourth-order valence-electron chi connectivity index (χ4n) is 4.86. The number of ether oxygens (including phenoxy) is 4. The zero-order valence-electron chi connectivity index (χ0n) is 24.1. The van der Waals surface area contributed by atoms with Crippen molar-refractivity contribution in [3.05, 3.63) is 42.5 Å². The monoisotopic (exact) mass is 581 g/mol. The number of hydrogen-bond acceptors (Lipinski definition) is 12. The molecule has 3 aromatic rings. The van der Waals surface area contributed by atoms with Gasteiger partial charge >= 0.3 is 17.9 Å². The molecule has 1 aliphatic rings. The minimum Gasteiger partial charge on any atom is -0.463 e. The van der Waals surface area contributed by atoms with Gasteiger partial charge in [0, 0.05) is 32.8 Å². The van der Waals surface area contributed by atoms with Crippen LogP contribution in [0, 0.1) is 0 Å². The second-order valence-electron chi connectivity index (χ2n) is 9.97. The molecule has 0 bridgehead atoms. The zero-order chi connectivity index (χ0) is 30.2. The molecule has 0 radical (unpaired) electrons. The smallest absolute Gasteiger partial charge is 0.303 e. The number of carbonyl (C=O) groups is 4. The van der Waals surface area contributed by atoms with Gasteiger partial charge in [-0.05, 0) is 18.6 Å². The van der Waals surface area contributed by atoms with E-state index in [9.17, 15) is 19.2 Å². The van der Waals surface area contributed by atoms with Gasteiger partial charge in [-0.1, -0.05) is 38.3 Å². The molecule has 3 heterocycles. The Labute approximate surface area is 242 Å². The normalized spacial score (nSPS) is 19.8. The van der Waals surface area contributed by atoms with Gasteiger partial charge in [0.25, 0.3) is 0 Å². The molecule has 1 saturated heterocycles. The molecule has 42 heavy (non-hydrogen) atoms. The number of unbranched alkanes of at least 4 members (excludes halogenated alkanes) is 3. The van der Waals surface area contributed by atoms with Crippen LogP contribution < -0.4 is 5.32 Å². The molecule has 4 atom stereocenters. The number of ketones is 1. The van der Waals surface area contributed by atoms with Crippen LogP contribution in [-0.4, -0.2) is 68.1 Å². The number of para-hydroxylation sites is 1. The summed E-state index contributed by atoms with van der Waals surface area (Å²) in [5.41, 5.74) is 1.82. The SMILES string of the molecule is CCCCCCC(=O)c1ccccc1Nc1ncnc2c1ncn2C1O[C@@H](COC(C)=O)[C@@H](OC(C)=O)[C@@H]1OC(C)=O. The van der Waals surface area contributed by atoms with Crippen molar-refractivity contribution in [3.8, 4) is 0 Å². The lowest BCUT2D eigenvalue weighted by molar-refractivity contribution is -0.166. The predicted molar refractivity (Wildman–Crippen MR) is 150 cm³/mol. The van der Waals surface area contributed by atoms with Crippen LogP contribution in [-0.2, 0) is 33.3 Å². The van der Waals surface area contributed by atoms with Crippen molar-refractivity contribution in [2.24, 2.45) is 0 Å². The lowest BCUT2D eigenvalue weighted by atomic mass is 10.0. The highest BCUT2D eigenvalue weighted by Crippen LogP contribution is 2.37. The number of imidazole rings is 1. The second-order valence-corrected chi connectivity index (χ2v) is 9.97. The maximum atomic E-state index is 13.0. The molecule has 0 aliphatic carbocycles. The highest BCUT2D eigenvalue weighted by Gasteiger charge is 2.51. The van der Waals surface area contributed by atoms with Crippen molar-refractivity contribution in [3.63, 3.8) is 0 Å². The fraction of sp³-hybridized carbons (Fsp3) is 0.483. The van der Waals surface area contributed by atoms with Crippen LogP contribution in [0.25, 0.3) is 11.2 Å². The number of nitrogens with one attached hydrogen (secondary N) is 1. The van der Waals surface area contributed by atoms with Crippen molar-refractivity contribution in [1.82, 2.24) is 19.5 Å². The lowest BCUT2D eigenvalue weighted by Crippen LogP contribution is -2.40. The Balaban J connectivity index is 1.65. The molecule has 0 spiro atoms. The minimum atomic E-state index is -1.10. The molecule has 13 heteroatoms. The number of aromatic nitrogens is 4. The third-order valence-electron chi connectivity index (χ3n) is 6.71.